The fourth-order valence-electron chi connectivity index (χ4n) is 4.48. The van der Waals surface area contributed by atoms with Crippen LogP contribution in [0.4, 0.5) is 0 Å². The average molecular weight is 562 g/mol. The Morgan fingerprint density at radius 1 is 1.19 bits per heavy atom. The number of nitrogens with one attached hydrogen (secondary N) is 2. The highest BCUT2D eigenvalue weighted by atomic mass is 127. The lowest BCUT2D eigenvalue weighted by Gasteiger charge is -2.43. The number of hydrogen-bond acceptors (Lipinski definition) is 6. The molecular formula is C23H40IN5O3. The van der Waals surface area contributed by atoms with Crippen LogP contribution in [0.1, 0.15) is 24.8 Å². The Morgan fingerprint density at radius 3 is 2.41 bits per heavy atom. The third kappa shape index (κ3) is 7.10. The lowest BCUT2D eigenvalue weighted by atomic mass is 9.88. The first-order valence-corrected chi connectivity index (χ1v) is 11.1. The van der Waals surface area contributed by atoms with Gasteiger partial charge in [-0.3, -0.25) is 9.89 Å². The molecule has 2 aliphatic heterocycles. The maximum atomic E-state index is 5.58. The van der Waals surface area contributed by atoms with Gasteiger partial charge in [0.1, 0.15) is 11.5 Å². The van der Waals surface area contributed by atoms with E-state index < -0.39 is 0 Å². The summed E-state index contributed by atoms with van der Waals surface area (Å²) in [4.78, 5) is 9.26. The summed E-state index contributed by atoms with van der Waals surface area (Å²) >= 11 is 0. The molecule has 0 saturated carbocycles. The molecule has 0 aliphatic carbocycles. The van der Waals surface area contributed by atoms with Crippen LogP contribution in [0.15, 0.2) is 23.2 Å². The second-order valence-corrected chi connectivity index (χ2v) is 8.74. The third-order valence-electron chi connectivity index (χ3n) is 6.61. The highest BCUT2D eigenvalue weighted by molar-refractivity contribution is 14.0. The summed E-state index contributed by atoms with van der Waals surface area (Å²) in [6.07, 6.45) is 3.16. The Labute approximate surface area is 210 Å². The minimum atomic E-state index is 0. The molecule has 0 amide bonds. The number of guanidine groups is 1. The Morgan fingerprint density at radius 2 is 1.84 bits per heavy atom. The zero-order valence-electron chi connectivity index (χ0n) is 20.1. The van der Waals surface area contributed by atoms with Gasteiger partial charge in [-0.2, -0.15) is 0 Å². The van der Waals surface area contributed by atoms with Crippen molar-refractivity contribution in [1.29, 1.82) is 0 Å². The van der Waals surface area contributed by atoms with Crippen LogP contribution < -0.4 is 20.1 Å². The van der Waals surface area contributed by atoms with Crippen molar-refractivity contribution in [3.8, 4) is 11.5 Å². The number of ether oxygens (including phenoxy) is 3. The summed E-state index contributed by atoms with van der Waals surface area (Å²) < 4.78 is 16.4. The van der Waals surface area contributed by atoms with Gasteiger partial charge in [0.2, 0.25) is 0 Å². The molecule has 2 aliphatic rings. The predicted molar refractivity (Wildman–Crippen MR) is 140 cm³/mol. The number of rotatable bonds is 8. The number of likely N-dealkylation sites (N-methyl/N-ethyl adjacent to an activating group) is 1. The third-order valence-corrected chi connectivity index (χ3v) is 6.61. The van der Waals surface area contributed by atoms with Gasteiger partial charge in [-0.1, -0.05) is 0 Å². The normalized spacial score (nSPS) is 21.2. The molecule has 1 aromatic rings. The summed E-state index contributed by atoms with van der Waals surface area (Å²) in [6, 6.07) is 6.45. The first-order chi connectivity index (χ1) is 15.0. The topological polar surface area (TPSA) is 70.6 Å². The van der Waals surface area contributed by atoms with Crippen molar-refractivity contribution >= 4 is 29.9 Å². The largest absolute Gasteiger partial charge is 0.497 e. The van der Waals surface area contributed by atoms with Gasteiger partial charge in [-0.05, 0) is 51.1 Å². The molecule has 2 saturated heterocycles. The number of aliphatic imine (C=N–C) groups is 1. The molecule has 8 nitrogen and oxygen atoms in total. The fourth-order valence-corrected chi connectivity index (χ4v) is 4.48. The van der Waals surface area contributed by atoms with Gasteiger partial charge in [-0.15, -0.1) is 24.0 Å². The maximum Gasteiger partial charge on any atom is 0.191 e. The number of likely N-dealkylation sites (tertiary alicyclic amines) is 1. The van der Waals surface area contributed by atoms with Crippen LogP contribution in [0.3, 0.4) is 0 Å². The summed E-state index contributed by atoms with van der Waals surface area (Å²) in [7, 11) is 9.54. The Hall–Kier alpha value is -1.30. The zero-order chi connectivity index (χ0) is 22.3. The average Bonchev–Trinajstić information content (AvgIpc) is 3.23. The van der Waals surface area contributed by atoms with Crippen LogP contribution in [0.25, 0.3) is 0 Å². The summed E-state index contributed by atoms with van der Waals surface area (Å²) in [5.74, 6) is 2.54. The van der Waals surface area contributed by atoms with E-state index in [1.54, 1.807) is 14.2 Å². The molecule has 0 spiro atoms. The van der Waals surface area contributed by atoms with Crippen LogP contribution in [0, 0.1) is 0 Å². The first kappa shape index (κ1) is 26.9. The monoisotopic (exact) mass is 561 g/mol. The van der Waals surface area contributed by atoms with Crippen molar-refractivity contribution in [3.05, 3.63) is 23.8 Å². The van der Waals surface area contributed by atoms with E-state index in [-0.39, 0.29) is 29.5 Å². The molecule has 0 aromatic heterocycles. The van der Waals surface area contributed by atoms with Gasteiger partial charge < -0.3 is 29.7 Å². The number of benzene rings is 1. The molecule has 1 aromatic carbocycles. The van der Waals surface area contributed by atoms with E-state index in [2.05, 4.69) is 51.7 Å². The van der Waals surface area contributed by atoms with Crippen molar-refractivity contribution in [2.45, 2.75) is 37.4 Å². The molecule has 0 bridgehead atoms. The van der Waals surface area contributed by atoms with E-state index >= 15 is 0 Å². The van der Waals surface area contributed by atoms with E-state index in [1.165, 1.54) is 5.56 Å². The fraction of sp³-hybridized carbons (Fsp3) is 0.696. The minimum absolute atomic E-state index is 0. The Kier molecular flexibility index (Phi) is 10.8. The van der Waals surface area contributed by atoms with Crippen LogP contribution >= 0.6 is 24.0 Å². The summed E-state index contributed by atoms with van der Waals surface area (Å²) in [6.45, 7) is 5.40. The van der Waals surface area contributed by atoms with Crippen molar-refractivity contribution in [2.24, 2.45) is 4.99 Å². The molecule has 182 valence electrons. The van der Waals surface area contributed by atoms with Crippen molar-refractivity contribution in [1.82, 2.24) is 20.4 Å². The number of methoxy groups -OCH3 is 2. The highest BCUT2D eigenvalue weighted by Crippen LogP contribution is 2.26. The molecule has 1 atom stereocenters. The van der Waals surface area contributed by atoms with E-state index in [0.717, 1.165) is 76.1 Å². The zero-order valence-corrected chi connectivity index (χ0v) is 22.5. The van der Waals surface area contributed by atoms with Crippen LogP contribution in [0.5, 0.6) is 11.5 Å². The molecule has 32 heavy (non-hydrogen) atoms. The number of halogens is 1. The second-order valence-electron chi connectivity index (χ2n) is 8.74. The van der Waals surface area contributed by atoms with Crippen LogP contribution in [-0.4, -0.2) is 95.6 Å². The van der Waals surface area contributed by atoms with Crippen LogP contribution in [0.2, 0.25) is 0 Å². The van der Waals surface area contributed by atoms with Crippen molar-refractivity contribution in [3.63, 3.8) is 0 Å². The Balaban J connectivity index is 0.00000363. The first-order valence-electron chi connectivity index (χ1n) is 11.1. The SMILES string of the molecule is CN=C(NCC1(N(C)C)CCOCC1)NC1CCN(Cc2cc(OC)cc(OC)c2)C1.I. The van der Waals surface area contributed by atoms with Gasteiger partial charge in [0, 0.05) is 64.1 Å². The molecule has 2 fully saturated rings. The lowest BCUT2D eigenvalue weighted by Crippen LogP contribution is -2.57. The van der Waals surface area contributed by atoms with Gasteiger partial charge in [0.25, 0.3) is 0 Å². The molecule has 2 N–H and O–H groups in total. The molecule has 0 radical (unpaired) electrons. The lowest BCUT2D eigenvalue weighted by molar-refractivity contribution is -0.00502. The smallest absolute Gasteiger partial charge is 0.191 e. The van der Waals surface area contributed by atoms with Gasteiger partial charge in [-0.25, -0.2) is 0 Å². The summed E-state index contributed by atoms with van der Waals surface area (Å²) in [5.41, 5.74) is 1.31. The van der Waals surface area contributed by atoms with Gasteiger partial charge in [0.05, 0.1) is 14.2 Å². The number of hydrogen-bond donors (Lipinski definition) is 2. The molecule has 3 rings (SSSR count). The van der Waals surface area contributed by atoms with E-state index in [9.17, 15) is 0 Å². The number of nitrogens with zero attached hydrogens (tertiary/aromatic N) is 3. The molecular weight excluding hydrogens is 521 g/mol. The molecule has 2 heterocycles. The molecule has 1 unspecified atom stereocenters. The van der Waals surface area contributed by atoms with Crippen molar-refractivity contribution in [2.75, 3.05) is 68.2 Å². The standard InChI is InChI=1S/C23H39N5O3.HI/c1-24-22(25-17-23(27(2)3)7-10-31-11-8-23)26-19-6-9-28(16-19)15-18-12-20(29-4)14-21(13-18)30-5;/h12-14,19H,6-11,15-17H2,1-5H3,(H2,24,25,26);1H. The predicted octanol–water partition coefficient (Wildman–Crippen LogP) is 2.17. The van der Waals surface area contributed by atoms with E-state index in [0.29, 0.717) is 6.04 Å². The van der Waals surface area contributed by atoms with Crippen LogP contribution in [-0.2, 0) is 11.3 Å². The highest BCUT2D eigenvalue weighted by Gasteiger charge is 2.35. The Bertz CT molecular complexity index is 718. The maximum absolute atomic E-state index is 5.58. The summed E-state index contributed by atoms with van der Waals surface area (Å²) in [5, 5.41) is 7.19. The molecule has 9 heteroatoms. The van der Waals surface area contributed by atoms with Crippen molar-refractivity contribution < 1.29 is 14.2 Å². The van der Waals surface area contributed by atoms with E-state index in [4.69, 9.17) is 14.2 Å². The minimum Gasteiger partial charge on any atom is -0.497 e. The quantitative estimate of drug-likeness (QED) is 0.287. The van der Waals surface area contributed by atoms with Gasteiger partial charge in [0.15, 0.2) is 5.96 Å². The van der Waals surface area contributed by atoms with Gasteiger partial charge >= 0.3 is 0 Å². The van der Waals surface area contributed by atoms with E-state index in [1.807, 2.05) is 13.1 Å². The second kappa shape index (κ2) is 12.8.